The second-order valence-electron chi connectivity index (χ2n) is 5.14. The first-order valence-corrected chi connectivity index (χ1v) is 6.72. The van der Waals surface area contributed by atoms with Gasteiger partial charge in [-0.1, -0.05) is 24.1 Å². The van der Waals surface area contributed by atoms with E-state index in [1.165, 1.54) is 0 Å². The zero-order valence-corrected chi connectivity index (χ0v) is 12.5. The lowest BCUT2D eigenvalue weighted by Crippen LogP contribution is -2.21. The molecule has 0 saturated heterocycles. The third kappa shape index (κ3) is 3.36. The molecule has 2 N–H and O–H groups in total. The lowest BCUT2D eigenvalue weighted by Gasteiger charge is -2.11. The third-order valence-electron chi connectivity index (χ3n) is 2.99. The van der Waals surface area contributed by atoms with Crippen molar-refractivity contribution in [3.05, 3.63) is 22.9 Å². The van der Waals surface area contributed by atoms with Crippen LogP contribution in [0.15, 0.2) is 8.94 Å². The van der Waals surface area contributed by atoms with E-state index in [1.54, 1.807) is 0 Å². The fourth-order valence-electron chi connectivity index (χ4n) is 2.04. The monoisotopic (exact) mass is 279 g/mol. The van der Waals surface area contributed by atoms with Gasteiger partial charge in [0.05, 0.1) is 18.3 Å². The molecule has 2 aromatic rings. The maximum atomic E-state index is 5.54. The molecule has 0 aliphatic heterocycles. The molecule has 7 nitrogen and oxygen atoms in total. The molecule has 0 aromatic carbocycles. The Morgan fingerprint density at radius 2 is 1.90 bits per heavy atom. The summed E-state index contributed by atoms with van der Waals surface area (Å²) in [5, 5.41) is 18.3. The van der Waals surface area contributed by atoms with Gasteiger partial charge < -0.3 is 19.6 Å². The molecule has 7 heteroatoms. The molecular weight excluding hydrogens is 258 g/mol. The molecule has 0 spiro atoms. The molecule has 1 atom stereocenters. The van der Waals surface area contributed by atoms with Gasteiger partial charge in [-0.05, 0) is 20.8 Å². The molecule has 110 valence electrons. The van der Waals surface area contributed by atoms with Crippen LogP contribution >= 0.6 is 0 Å². The SMILES string of the molecule is Cc1noc(C)c1C(C)Nc1nnc(CNC(C)C)o1. The van der Waals surface area contributed by atoms with Gasteiger partial charge in [-0.15, -0.1) is 5.10 Å². The number of aromatic nitrogens is 3. The molecule has 1 unspecified atom stereocenters. The Morgan fingerprint density at radius 3 is 2.50 bits per heavy atom. The van der Waals surface area contributed by atoms with E-state index >= 15 is 0 Å². The van der Waals surface area contributed by atoms with Crippen LogP contribution in [0.25, 0.3) is 0 Å². The second kappa shape index (κ2) is 6.04. The fraction of sp³-hybridized carbons (Fsp3) is 0.615. The van der Waals surface area contributed by atoms with Gasteiger partial charge >= 0.3 is 6.01 Å². The summed E-state index contributed by atoms with van der Waals surface area (Å²) in [5.41, 5.74) is 1.88. The number of anilines is 1. The maximum Gasteiger partial charge on any atom is 0.315 e. The molecule has 2 aromatic heterocycles. The Kier molecular flexibility index (Phi) is 4.39. The van der Waals surface area contributed by atoms with Crippen LogP contribution in [0, 0.1) is 13.8 Å². The normalized spacial score (nSPS) is 12.9. The predicted octanol–water partition coefficient (Wildman–Crippen LogP) is 2.35. The summed E-state index contributed by atoms with van der Waals surface area (Å²) in [7, 11) is 0. The quantitative estimate of drug-likeness (QED) is 0.838. The average Bonchev–Trinajstić information content (AvgIpc) is 2.94. The number of rotatable bonds is 6. The smallest absolute Gasteiger partial charge is 0.315 e. The van der Waals surface area contributed by atoms with E-state index in [0.29, 0.717) is 24.5 Å². The number of hydrogen-bond acceptors (Lipinski definition) is 7. The van der Waals surface area contributed by atoms with Crippen molar-refractivity contribution in [2.24, 2.45) is 0 Å². The number of hydrogen-bond donors (Lipinski definition) is 2. The minimum atomic E-state index is -0.00684. The Labute approximate surface area is 118 Å². The van der Waals surface area contributed by atoms with E-state index in [-0.39, 0.29) is 6.04 Å². The van der Waals surface area contributed by atoms with Crippen molar-refractivity contribution in [2.45, 2.75) is 53.2 Å². The van der Waals surface area contributed by atoms with Crippen molar-refractivity contribution in [1.29, 1.82) is 0 Å². The standard InChI is InChI=1S/C13H21N5O2/c1-7(2)14-6-11-16-17-13(19-11)15-8(3)12-9(4)18-20-10(12)5/h7-8,14H,6H2,1-5H3,(H,15,17). The number of nitrogens with one attached hydrogen (secondary N) is 2. The van der Waals surface area contributed by atoms with Gasteiger partial charge in [0.15, 0.2) is 0 Å². The van der Waals surface area contributed by atoms with Gasteiger partial charge in [0.1, 0.15) is 5.76 Å². The average molecular weight is 279 g/mol. The largest absolute Gasteiger partial charge is 0.407 e. The second-order valence-corrected chi connectivity index (χ2v) is 5.14. The van der Waals surface area contributed by atoms with E-state index in [2.05, 4.69) is 39.8 Å². The van der Waals surface area contributed by atoms with Crippen LogP contribution in [0.3, 0.4) is 0 Å². The highest BCUT2D eigenvalue weighted by Gasteiger charge is 2.18. The predicted molar refractivity (Wildman–Crippen MR) is 74.3 cm³/mol. The number of nitrogens with zero attached hydrogens (tertiary/aromatic N) is 3. The molecule has 0 saturated carbocycles. The van der Waals surface area contributed by atoms with Crippen LogP contribution in [0.5, 0.6) is 0 Å². The van der Waals surface area contributed by atoms with E-state index < -0.39 is 0 Å². The Bertz CT molecular complexity index is 541. The molecule has 0 radical (unpaired) electrons. The zero-order chi connectivity index (χ0) is 14.7. The van der Waals surface area contributed by atoms with Crippen LogP contribution in [0.2, 0.25) is 0 Å². The topological polar surface area (TPSA) is 89.0 Å². The first-order valence-electron chi connectivity index (χ1n) is 6.72. The van der Waals surface area contributed by atoms with Crippen molar-refractivity contribution >= 4 is 6.01 Å². The first kappa shape index (κ1) is 14.5. The minimum Gasteiger partial charge on any atom is -0.407 e. The van der Waals surface area contributed by atoms with Crippen LogP contribution in [-0.2, 0) is 6.54 Å². The van der Waals surface area contributed by atoms with E-state index in [1.807, 2.05) is 20.8 Å². The van der Waals surface area contributed by atoms with Crippen LogP contribution < -0.4 is 10.6 Å². The Hall–Kier alpha value is -1.89. The minimum absolute atomic E-state index is 0.00684. The van der Waals surface area contributed by atoms with Crippen molar-refractivity contribution in [3.63, 3.8) is 0 Å². The lowest BCUT2D eigenvalue weighted by molar-refractivity contribution is 0.391. The van der Waals surface area contributed by atoms with Crippen LogP contribution in [0.1, 0.15) is 49.7 Å². The summed E-state index contributed by atoms with van der Waals surface area (Å²) < 4.78 is 10.7. The molecule has 0 bridgehead atoms. The van der Waals surface area contributed by atoms with Crippen LogP contribution in [0.4, 0.5) is 6.01 Å². The zero-order valence-electron chi connectivity index (χ0n) is 12.5. The Morgan fingerprint density at radius 1 is 1.15 bits per heavy atom. The van der Waals surface area contributed by atoms with Gasteiger partial charge in [-0.25, -0.2) is 0 Å². The van der Waals surface area contributed by atoms with Gasteiger partial charge in [-0.3, -0.25) is 0 Å². The van der Waals surface area contributed by atoms with E-state index in [0.717, 1.165) is 17.0 Å². The highest BCUT2D eigenvalue weighted by Crippen LogP contribution is 2.24. The number of aryl methyl sites for hydroxylation is 2. The summed E-state index contributed by atoms with van der Waals surface area (Å²) in [6.45, 7) is 10.5. The molecule has 0 fully saturated rings. The highest BCUT2D eigenvalue weighted by atomic mass is 16.5. The maximum absolute atomic E-state index is 5.54. The summed E-state index contributed by atoms with van der Waals surface area (Å²) in [5.74, 6) is 1.36. The van der Waals surface area contributed by atoms with Crippen molar-refractivity contribution in [2.75, 3.05) is 5.32 Å². The van der Waals surface area contributed by atoms with Gasteiger partial charge in [0.25, 0.3) is 0 Å². The molecule has 0 aliphatic rings. The van der Waals surface area contributed by atoms with Crippen molar-refractivity contribution in [3.8, 4) is 0 Å². The van der Waals surface area contributed by atoms with Crippen LogP contribution in [-0.4, -0.2) is 21.4 Å². The fourth-order valence-corrected chi connectivity index (χ4v) is 2.04. The van der Waals surface area contributed by atoms with Crippen molar-refractivity contribution < 1.29 is 8.94 Å². The van der Waals surface area contributed by atoms with Gasteiger partial charge in [0, 0.05) is 11.6 Å². The van der Waals surface area contributed by atoms with Gasteiger partial charge in [-0.2, -0.15) is 0 Å². The molecule has 0 aliphatic carbocycles. The molecule has 2 heterocycles. The summed E-state index contributed by atoms with van der Waals surface area (Å²) >= 11 is 0. The van der Waals surface area contributed by atoms with Crippen molar-refractivity contribution in [1.82, 2.24) is 20.7 Å². The lowest BCUT2D eigenvalue weighted by atomic mass is 10.1. The highest BCUT2D eigenvalue weighted by molar-refractivity contribution is 5.32. The van der Waals surface area contributed by atoms with E-state index in [9.17, 15) is 0 Å². The molecular formula is C13H21N5O2. The van der Waals surface area contributed by atoms with E-state index in [4.69, 9.17) is 8.94 Å². The molecule has 20 heavy (non-hydrogen) atoms. The molecule has 0 amide bonds. The first-order chi connectivity index (χ1) is 9.47. The Balaban J connectivity index is 2.00. The third-order valence-corrected chi connectivity index (χ3v) is 2.99. The van der Waals surface area contributed by atoms with Gasteiger partial charge in [0.2, 0.25) is 5.89 Å². The summed E-state index contributed by atoms with van der Waals surface area (Å²) in [6, 6.07) is 0.769. The molecule has 2 rings (SSSR count). The summed E-state index contributed by atoms with van der Waals surface area (Å²) in [6.07, 6.45) is 0. The summed E-state index contributed by atoms with van der Waals surface area (Å²) in [4.78, 5) is 0.